The summed E-state index contributed by atoms with van der Waals surface area (Å²) in [5.74, 6) is 1.01. The molecule has 1 aromatic carbocycles. The van der Waals surface area contributed by atoms with Crippen LogP contribution in [-0.2, 0) is 6.54 Å². The molecule has 102 valence electrons. The fourth-order valence-corrected chi connectivity index (χ4v) is 2.43. The zero-order valence-electron chi connectivity index (χ0n) is 10.8. The van der Waals surface area contributed by atoms with Crippen LogP contribution in [0.25, 0.3) is 0 Å². The number of hydrogen-bond donors (Lipinski definition) is 2. The molecule has 1 fully saturated rings. The van der Waals surface area contributed by atoms with Gasteiger partial charge in [-0.3, -0.25) is 0 Å². The van der Waals surface area contributed by atoms with Crippen molar-refractivity contribution in [3.8, 4) is 6.07 Å². The van der Waals surface area contributed by atoms with Crippen molar-refractivity contribution in [2.24, 2.45) is 0 Å². The molecule has 1 heterocycles. The summed E-state index contributed by atoms with van der Waals surface area (Å²) in [6.45, 7) is 0.536. The Kier molecular flexibility index (Phi) is 3.36. The van der Waals surface area contributed by atoms with Gasteiger partial charge in [0.1, 0.15) is 17.5 Å². The Hall–Kier alpha value is -2.00. The van der Waals surface area contributed by atoms with Crippen LogP contribution >= 0.6 is 15.9 Å². The molecule has 3 rings (SSSR count). The van der Waals surface area contributed by atoms with Gasteiger partial charge in [-0.05, 0) is 24.5 Å². The predicted octanol–water partition coefficient (Wildman–Crippen LogP) is 2.72. The molecule has 1 aromatic heterocycles. The third kappa shape index (κ3) is 2.49. The maximum Gasteiger partial charge on any atom is 0.168 e. The van der Waals surface area contributed by atoms with E-state index < -0.39 is 0 Å². The van der Waals surface area contributed by atoms with Crippen LogP contribution in [0.4, 0.5) is 11.6 Å². The minimum atomic E-state index is 0.409. The van der Waals surface area contributed by atoms with Crippen LogP contribution in [0.5, 0.6) is 0 Å². The standard InChI is InChI=1S/C14H14BrN5/c15-12-4-2-1-3-9(12)8-20-13(17)11(7-16)14(19-20)18-10-5-6-10/h1-4,10H,5-6,8,17H2,(H,18,19). The highest BCUT2D eigenvalue weighted by Gasteiger charge is 2.25. The Balaban J connectivity index is 1.91. The van der Waals surface area contributed by atoms with Crippen molar-refractivity contribution in [3.05, 3.63) is 39.9 Å². The number of hydrogen-bond acceptors (Lipinski definition) is 4. The predicted molar refractivity (Wildman–Crippen MR) is 81.2 cm³/mol. The number of rotatable bonds is 4. The first-order valence-corrected chi connectivity index (χ1v) is 7.24. The van der Waals surface area contributed by atoms with Gasteiger partial charge in [-0.1, -0.05) is 34.1 Å². The lowest BCUT2D eigenvalue weighted by Gasteiger charge is -2.06. The van der Waals surface area contributed by atoms with Crippen LogP contribution in [0.2, 0.25) is 0 Å². The van der Waals surface area contributed by atoms with Crippen molar-refractivity contribution in [2.45, 2.75) is 25.4 Å². The maximum atomic E-state index is 9.23. The number of nitriles is 1. The summed E-state index contributed by atoms with van der Waals surface area (Å²) < 4.78 is 2.67. The van der Waals surface area contributed by atoms with Gasteiger partial charge >= 0.3 is 0 Å². The van der Waals surface area contributed by atoms with Gasteiger partial charge in [0.15, 0.2) is 5.82 Å². The van der Waals surface area contributed by atoms with E-state index in [1.54, 1.807) is 4.68 Å². The fourth-order valence-electron chi connectivity index (χ4n) is 2.02. The van der Waals surface area contributed by atoms with Crippen LogP contribution in [0, 0.1) is 11.3 Å². The molecular formula is C14H14BrN5. The fraction of sp³-hybridized carbons (Fsp3) is 0.286. The van der Waals surface area contributed by atoms with Gasteiger partial charge in [0.05, 0.1) is 6.54 Å². The number of nitrogen functional groups attached to an aromatic ring is 1. The second kappa shape index (κ2) is 5.17. The first-order chi connectivity index (χ1) is 9.69. The summed E-state index contributed by atoms with van der Waals surface area (Å²) in [4.78, 5) is 0. The highest BCUT2D eigenvalue weighted by Crippen LogP contribution is 2.29. The van der Waals surface area contributed by atoms with Gasteiger partial charge in [0.25, 0.3) is 0 Å². The van der Waals surface area contributed by atoms with E-state index in [9.17, 15) is 5.26 Å². The summed E-state index contributed by atoms with van der Waals surface area (Å²) in [5, 5.41) is 16.9. The molecular weight excluding hydrogens is 318 g/mol. The van der Waals surface area contributed by atoms with Crippen LogP contribution in [-0.4, -0.2) is 15.8 Å². The second-order valence-electron chi connectivity index (χ2n) is 4.89. The molecule has 0 atom stereocenters. The minimum Gasteiger partial charge on any atom is -0.383 e. The Morgan fingerprint density at radius 1 is 1.45 bits per heavy atom. The van der Waals surface area contributed by atoms with Crippen LogP contribution in [0.15, 0.2) is 28.7 Å². The molecule has 20 heavy (non-hydrogen) atoms. The lowest BCUT2D eigenvalue weighted by atomic mass is 10.2. The van der Waals surface area contributed by atoms with Crippen LogP contribution in [0.1, 0.15) is 24.0 Å². The summed E-state index contributed by atoms with van der Waals surface area (Å²) in [6.07, 6.45) is 2.25. The monoisotopic (exact) mass is 331 g/mol. The molecule has 6 heteroatoms. The first kappa shape index (κ1) is 13.0. The Morgan fingerprint density at radius 2 is 2.20 bits per heavy atom. The van der Waals surface area contributed by atoms with E-state index in [2.05, 4.69) is 32.4 Å². The molecule has 2 aromatic rings. The van der Waals surface area contributed by atoms with Crippen molar-refractivity contribution in [1.82, 2.24) is 9.78 Å². The van der Waals surface area contributed by atoms with Gasteiger partial charge in [-0.25, -0.2) is 4.68 Å². The van der Waals surface area contributed by atoms with Crippen molar-refractivity contribution < 1.29 is 0 Å². The molecule has 3 N–H and O–H groups in total. The van der Waals surface area contributed by atoms with Gasteiger partial charge < -0.3 is 11.1 Å². The number of benzene rings is 1. The molecule has 0 aliphatic heterocycles. The smallest absolute Gasteiger partial charge is 0.168 e. The summed E-state index contributed by atoms with van der Waals surface area (Å²) in [5.41, 5.74) is 7.54. The van der Waals surface area contributed by atoms with E-state index in [0.717, 1.165) is 22.9 Å². The molecule has 0 saturated heterocycles. The van der Waals surface area contributed by atoms with Crippen molar-refractivity contribution in [1.29, 1.82) is 5.26 Å². The average molecular weight is 332 g/mol. The molecule has 0 bridgehead atoms. The average Bonchev–Trinajstić information content (AvgIpc) is 3.19. The van der Waals surface area contributed by atoms with Crippen molar-refractivity contribution in [3.63, 3.8) is 0 Å². The largest absolute Gasteiger partial charge is 0.383 e. The molecule has 0 unspecified atom stereocenters. The lowest BCUT2D eigenvalue weighted by molar-refractivity contribution is 0.696. The number of anilines is 2. The van der Waals surface area contributed by atoms with E-state index in [1.165, 1.54) is 0 Å². The molecule has 5 nitrogen and oxygen atoms in total. The topological polar surface area (TPSA) is 79.7 Å². The summed E-state index contributed by atoms with van der Waals surface area (Å²) in [6, 6.07) is 10.5. The minimum absolute atomic E-state index is 0.409. The van der Waals surface area contributed by atoms with E-state index in [0.29, 0.717) is 29.8 Å². The number of halogens is 1. The van der Waals surface area contributed by atoms with Gasteiger partial charge in [-0.15, -0.1) is 0 Å². The Bertz CT molecular complexity index is 681. The quantitative estimate of drug-likeness (QED) is 0.902. The van der Waals surface area contributed by atoms with Crippen molar-refractivity contribution in [2.75, 3.05) is 11.1 Å². The van der Waals surface area contributed by atoms with Gasteiger partial charge in [0.2, 0.25) is 0 Å². The molecule has 0 amide bonds. The van der Waals surface area contributed by atoms with E-state index >= 15 is 0 Å². The highest BCUT2D eigenvalue weighted by atomic mass is 79.9. The normalized spacial score (nSPS) is 14.0. The number of nitrogens with two attached hydrogens (primary N) is 1. The number of aromatic nitrogens is 2. The van der Waals surface area contributed by atoms with Gasteiger partial charge in [0, 0.05) is 10.5 Å². The van der Waals surface area contributed by atoms with Gasteiger partial charge in [-0.2, -0.15) is 10.4 Å². The molecule has 1 aliphatic rings. The van der Waals surface area contributed by atoms with Crippen LogP contribution in [0.3, 0.4) is 0 Å². The second-order valence-corrected chi connectivity index (χ2v) is 5.74. The number of nitrogens with one attached hydrogen (secondary N) is 1. The lowest BCUT2D eigenvalue weighted by Crippen LogP contribution is -2.07. The molecule has 0 radical (unpaired) electrons. The summed E-state index contributed by atoms with van der Waals surface area (Å²) in [7, 11) is 0. The zero-order valence-corrected chi connectivity index (χ0v) is 12.4. The van der Waals surface area contributed by atoms with Crippen molar-refractivity contribution >= 4 is 27.6 Å². The third-order valence-electron chi connectivity index (χ3n) is 3.30. The molecule has 1 saturated carbocycles. The molecule has 1 aliphatic carbocycles. The number of nitrogens with zero attached hydrogens (tertiary/aromatic N) is 3. The van der Waals surface area contributed by atoms with E-state index in [1.807, 2.05) is 24.3 Å². The van der Waals surface area contributed by atoms with E-state index in [-0.39, 0.29) is 0 Å². The Morgan fingerprint density at radius 3 is 2.85 bits per heavy atom. The third-order valence-corrected chi connectivity index (χ3v) is 4.07. The zero-order chi connectivity index (χ0) is 14.1. The first-order valence-electron chi connectivity index (χ1n) is 6.45. The van der Waals surface area contributed by atoms with E-state index in [4.69, 9.17) is 5.73 Å². The molecule has 0 spiro atoms. The SMILES string of the molecule is N#Cc1c(NC2CC2)nn(Cc2ccccc2Br)c1N. The maximum absolute atomic E-state index is 9.23. The summed E-state index contributed by atoms with van der Waals surface area (Å²) >= 11 is 3.51. The van der Waals surface area contributed by atoms with Crippen LogP contribution < -0.4 is 11.1 Å². The highest BCUT2D eigenvalue weighted by molar-refractivity contribution is 9.10. The Labute approximate surface area is 125 Å².